The van der Waals surface area contributed by atoms with E-state index in [1.807, 2.05) is 0 Å². The number of rotatable bonds is 3. The molecule has 0 fully saturated rings. The summed E-state index contributed by atoms with van der Waals surface area (Å²) in [5.41, 5.74) is 0.594. The van der Waals surface area contributed by atoms with Gasteiger partial charge in [-0.1, -0.05) is 0 Å². The van der Waals surface area contributed by atoms with E-state index < -0.39 is 18.0 Å². The number of hydrogen-bond acceptors (Lipinski definition) is 4. The van der Waals surface area contributed by atoms with E-state index in [9.17, 15) is 9.50 Å². The molecule has 0 aliphatic heterocycles. The molecule has 0 amide bonds. The summed E-state index contributed by atoms with van der Waals surface area (Å²) in [6.45, 7) is 3.29. The fourth-order valence-corrected chi connectivity index (χ4v) is 2.71. The molecule has 6 heteroatoms. The second-order valence-corrected chi connectivity index (χ2v) is 6.09. The topological polar surface area (TPSA) is 42.4 Å². The Morgan fingerprint density at radius 3 is 2.82 bits per heavy atom. The third-order valence-corrected chi connectivity index (χ3v) is 3.88. The Bertz CT molecular complexity index is 543. The van der Waals surface area contributed by atoms with E-state index >= 15 is 0 Å². The summed E-state index contributed by atoms with van der Waals surface area (Å²) in [6.07, 6.45) is -1.11. The number of hydrogen-bond donors (Lipinski definition) is 1. The van der Waals surface area contributed by atoms with Crippen LogP contribution >= 0.6 is 27.3 Å². The van der Waals surface area contributed by atoms with E-state index in [0.29, 0.717) is 9.43 Å². The number of benzene rings is 1. The molecule has 2 aromatic rings. The Labute approximate surface area is 110 Å². The predicted octanol–water partition coefficient (Wildman–Crippen LogP) is 3.35. The summed E-state index contributed by atoms with van der Waals surface area (Å²) in [4.78, 5) is 4.12. The molecule has 0 aliphatic rings. The van der Waals surface area contributed by atoms with Crippen LogP contribution in [0.25, 0.3) is 10.2 Å². The number of fused-ring (bicyclic) bond motifs is 1. The third-order valence-electron chi connectivity index (χ3n) is 2.41. The highest BCUT2D eigenvalue weighted by atomic mass is 79.9. The van der Waals surface area contributed by atoms with Crippen LogP contribution < -0.4 is 4.74 Å². The molecule has 0 aliphatic carbocycles. The first kappa shape index (κ1) is 12.7. The zero-order valence-corrected chi connectivity index (χ0v) is 11.7. The first-order valence-corrected chi connectivity index (χ1v) is 6.68. The molecule has 0 saturated heterocycles. The number of aliphatic hydroxyl groups is 1. The van der Waals surface area contributed by atoms with Gasteiger partial charge in [-0.25, -0.2) is 9.37 Å². The van der Waals surface area contributed by atoms with E-state index in [2.05, 4.69) is 20.9 Å². The Hall–Kier alpha value is -0.720. The Balaban J connectivity index is 2.36. The molecule has 0 bridgehead atoms. The highest BCUT2D eigenvalue weighted by molar-refractivity contribution is 9.11. The summed E-state index contributed by atoms with van der Waals surface area (Å²) >= 11 is 4.66. The minimum atomic E-state index is -0.654. The van der Waals surface area contributed by atoms with Gasteiger partial charge in [0.05, 0.1) is 16.3 Å². The highest BCUT2D eigenvalue weighted by Gasteiger charge is 2.15. The monoisotopic (exact) mass is 319 g/mol. The fourth-order valence-electron chi connectivity index (χ4n) is 1.29. The minimum Gasteiger partial charge on any atom is -0.485 e. The van der Waals surface area contributed by atoms with Gasteiger partial charge in [0.25, 0.3) is 0 Å². The van der Waals surface area contributed by atoms with Crippen molar-refractivity contribution in [2.75, 3.05) is 0 Å². The van der Waals surface area contributed by atoms with Crippen molar-refractivity contribution in [2.45, 2.75) is 26.1 Å². The van der Waals surface area contributed by atoms with Gasteiger partial charge in [0.1, 0.15) is 6.10 Å². The molecule has 0 radical (unpaired) electrons. The van der Waals surface area contributed by atoms with Crippen molar-refractivity contribution >= 4 is 37.5 Å². The summed E-state index contributed by atoms with van der Waals surface area (Å²) in [5.74, 6) is -0.329. The molecule has 3 nitrogen and oxygen atoms in total. The summed E-state index contributed by atoms with van der Waals surface area (Å²) in [5, 5.41) is 9.33. The molecule has 1 N–H and O–H groups in total. The summed E-state index contributed by atoms with van der Waals surface area (Å²) < 4.78 is 20.6. The van der Waals surface area contributed by atoms with Gasteiger partial charge in [-0.05, 0) is 29.8 Å². The standard InChI is InChI=1S/C11H11BrFNO2S/c1-5(15)6(2)16-9-4-10-8(3-7(9)13)14-11(12)17-10/h3-6,15H,1-2H3/t5-,6+/m1/s1. The van der Waals surface area contributed by atoms with Gasteiger partial charge in [0.2, 0.25) is 0 Å². The first-order chi connectivity index (χ1) is 7.97. The maximum atomic E-state index is 13.7. The fraction of sp³-hybridized carbons (Fsp3) is 0.364. The van der Waals surface area contributed by atoms with Crippen molar-refractivity contribution in [1.29, 1.82) is 0 Å². The van der Waals surface area contributed by atoms with Gasteiger partial charge in [-0.2, -0.15) is 0 Å². The SMILES string of the molecule is C[C@H](Oc1cc2sc(Br)nc2cc1F)[C@@H](C)O. The van der Waals surface area contributed by atoms with Crippen molar-refractivity contribution < 1.29 is 14.2 Å². The Morgan fingerprint density at radius 2 is 2.18 bits per heavy atom. The van der Waals surface area contributed by atoms with Crippen LogP contribution in [0.2, 0.25) is 0 Å². The van der Waals surface area contributed by atoms with E-state index in [-0.39, 0.29) is 5.75 Å². The quantitative estimate of drug-likeness (QED) is 0.943. The van der Waals surface area contributed by atoms with Crippen LogP contribution in [0, 0.1) is 5.82 Å². The largest absolute Gasteiger partial charge is 0.485 e. The van der Waals surface area contributed by atoms with Crippen LogP contribution in [0.4, 0.5) is 4.39 Å². The molecule has 2 atom stereocenters. The maximum absolute atomic E-state index is 13.7. The smallest absolute Gasteiger partial charge is 0.167 e. The maximum Gasteiger partial charge on any atom is 0.167 e. The lowest BCUT2D eigenvalue weighted by atomic mass is 10.2. The molecular formula is C11H11BrFNO2S. The van der Waals surface area contributed by atoms with Gasteiger partial charge >= 0.3 is 0 Å². The lowest BCUT2D eigenvalue weighted by molar-refractivity contribution is 0.0580. The van der Waals surface area contributed by atoms with Gasteiger partial charge in [0.15, 0.2) is 15.5 Å². The van der Waals surface area contributed by atoms with Crippen molar-refractivity contribution in [3.63, 3.8) is 0 Å². The van der Waals surface area contributed by atoms with Crippen LogP contribution in [0.3, 0.4) is 0 Å². The predicted molar refractivity (Wildman–Crippen MR) is 69.0 cm³/mol. The molecule has 92 valence electrons. The molecule has 0 spiro atoms. The molecule has 17 heavy (non-hydrogen) atoms. The molecule has 0 saturated carbocycles. The van der Waals surface area contributed by atoms with Crippen LogP contribution in [0.15, 0.2) is 16.0 Å². The Morgan fingerprint density at radius 1 is 1.47 bits per heavy atom. The van der Waals surface area contributed by atoms with E-state index in [1.54, 1.807) is 19.9 Å². The number of nitrogens with zero attached hydrogens (tertiary/aromatic N) is 1. The van der Waals surface area contributed by atoms with Crippen LogP contribution in [0.5, 0.6) is 5.75 Å². The van der Waals surface area contributed by atoms with E-state index in [4.69, 9.17) is 4.74 Å². The minimum absolute atomic E-state index is 0.141. The normalized spacial score (nSPS) is 14.9. The van der Waals surface area contributed by atoms with Crippen molar-refractivity contribution in [2.24, 2.45) is 0 Å². The van der Waals surface area contributed by atoms with Crippen LogP contribution in [0.1, 0.15) is 13.8 Å². The molecule has 1 aromatic heterocycles. The second kappa shape index (κ2) is 4.88. The summed E-state index contributed by atoms with van der Waals surface area (Å²) in [6, 6.07) is 2.94. The molecule has 2 rings (SSSR count). The lowest BCUT2D eigenvalue weighted by Gasteiger charge is -2.17. The molecule has 1 heterocycles. The number of ether oxygens (including phenoxy) is 1. The average molecular weight is 320 g/mol. The highest BCUT2D eigenvalue weighted by Crippen LogP contribution is 2.31. The number of aliphatic hydroxyl groups excluding tert-OH is 1. The first-order valence-electron chi connectivity index (χ1n) is 5.07. The zero-order valence-electron chi connectivity index (χ0n) is 9.28. The number of halogens is 2. The molecular weight excluding hydrogens is 309 g/mol. The van der Waals surface area contributed by atoms with E-state index in [0.717, 1.165) is 4.70 Å². The van der Waals surface area contributed by atoms with Gasteiger partial charge in [-0.3, -0.25) is 0 Å². The average Bonchev–Trinajstić information content (AvgIpc) is 2.57. The zero-order chi connectivity index (χ0) is 12.6. The Kier molecular flexibility index (Phi) is 3.65. The lowest BCUT2D eigenvalue weighted by Crippen LogP contribution is -2.25. The molecule has 1 aromatic carbocycles. The second-order valence-electron chi connectivity index (χ2n) is 3.78. The van der Waals surface area contributed by atoms with E-state index in [1.165, 1.54) is 17.4 Å². The van der Waals surface area contributed by atoms with Crippen molar-refractivity contribution in [1.82, 2.24) is 4.98 Å². The van der Waals surface area contributed by atoms with Crippen LogP contribution in [-0.4, -0.2) is 22.3 Å². The van der Waals surface area contributed by atoms with Crippen molar-refractivity contribution in [3.8, 4) is 5.75 Å². The number of thiazole rings is 1. The third kappa shape index (κ3) is 2.75. The van der Waals surface area contributed by atoms with Gasteiger partial charge in [0, 0.05) is 12.1 Å². The van der Waals surface area contributed by atoms with Crippen LogP contribution in [-0.2, 0) is 0 Å². The van der Waals surface area contributed by atoms with Gasteiger partial charge in [-0.15, -0.1) is 11.3 Å². The summed E-state index contributed by atoms with van der Waals surface area (Å²) in [7, 11) is 0. The van der Waals surface area contributed by atoms with Gasteiger partial charge < -0.3 is 9.84 Å². The van der Waals surface area contributed by atoms with Crippen molar-refractivity contribution in [3.05, 3.63) is 21.9 Å². The molecule has 0 unspecified atom stereocenters. The number of aromatic nitrogens is 1.